The van der Waals surface area contributed by atoms with Crippen molar-refractivity contribution in [3.63, 3.8) is 0 Å². The average molecular weight is 431 g/mol. The van der Waals surface area contributed by atoms with Gasteiger partial charge in [-0.25, -0.2) is 0 Å². The van der Waals surface area contributed by atoms with Crippen LogP contribution in [0.2, 0.25) is 0 Å². The van der Waals surface area contributed by atoms with Crippen LogP contribution in [-0.4, -0.2) is 30.9 Å². The zero-order valence-corrected chi connectivity index (χ0v) is 17.9. The largest absolute Gasteiger partial charge is 0.469 e. The van der Waals surface area contributed by atoms with Gasteiger partial charge in [-0.3, -0.25) is 14.4 Å². The molecule has 0 unspecified atom stereocenters. The van der Waals surface area contributed by atoms with Gasteiger partial charge in [-0.15, -0.1) is 0 Å². The maximum Gasteiger partial charge on any atom is 0.305 e. The second-order valence-corrected chi connectivity index (χ2v) is 7.39. The first-order chi connectivity index (χ1) is 15.5. The Morgan fingerprint density at radius 1 is 0.812 bits per heavy atom. The molecule has 0 aliphatic heterocycles. The number of rotatable bonds is 9. The first-order valence-electron chi connectivity index (χ1n) is 10.3. The predicted molar refractivity (Wildman–Crippen MR) is 122 cm³/mol. The zero-order valence-electron chi connectivity index (χ0n) is 17.9. The fourth-order valence-corrected chi connectivity index (χ4v) is 3.87. The summed E-state index contributed by atoms with van der Waals surface area (Å²) in [5, 5.41) is 2.81. The summed E-state index contributed by atoms with van der Waals surface area (Å²) in [4.78, 5) is 37.8. The van der Waals surface area contributed by atoms with Gasteiger partial charge in [-0.1, -0.05) is 91.0 Å². The van der Waals surface area contributed by atoms with E-state index in [4.69, 9.17) is 5.73 Å². The van der Waals surface area contributed by atoms with Crippen LogP contribution in [-0.2, 0) is 24.5 Å². The second kappa shape index (κ2) is 10.4. The topological polar surface area (TPSA) is 98.5 Å². The lowest BCUT2D eigenvalue weighted by molar-refractivity contribution is -0.141. The highest BCUT2D eigenvalue weighted by Crippen LogP contribution is 2.39. The lowest BCUT2D eigenvalue weighted by Crippen LogP contribution is -2.53. The first kappa shape index (κ1) is 22.7. The molecule has 0 aliphatic rings. The predicted octanol–water partition coefficient (Wildman–Crippen LogP) is 2.94. The zero-order chi connectivity index (χ0) is 23.0. The van der Waals surface area contributed by atoms with Gasteiger partial charge in [0.15, 0.2) is 0 Å². The van der Waals surface area contributed by atoms with Crippen molar-refractivity contribution in [3.8, 4) is 0 Å². The first-order valence-corrected chi connectivity index (χ1v) is 10.3. The number of carbonyl (C=O) groups is 3. The number of amides is 2. The van der Waals surface area contributed by atoms with E-state index in [0.717, 1.165) is 16.7 Å². The van der Waals surface area contributed by atoms with Crippen LogP contribution in [0.15, 0.2) is 91.0 Å². The van der Waals surface area contributed by atoms with Crippen molar-refractivity contribution in [2.24, 2.45) is 5.73 Å². The quantitative estimate of drug-likeness (QED) is 0.403. The van der Waals surface area contributed by atoms with E-state index in [1.54, 1.807) is 0 Å². The molecule has 0 bridgehead atoms. The summed E-state index contributed by atoms with van der Waals surface area (Å²) in [6.07, 6.45) is 0.00158. The Hall–Kier alpha value is -3.93. The van der Waals surface area contributed by atoms with Crippen molar-refractivity contribution in [2.45, 2.75) is 24.3 Å². The lowest BCUT2D eigenvalue weighted by Gasteiger charge is -2.35. The highest BCUT2D eigenvalue weighted by molar-refractivity contribution is 5.98. The molecule has 0 heterocycles. The minimum absolute atomic E-state index is 0.0423. The monoisotopic (exact) mass is 430 g/mol. The number of hydrogen-bond donors (Lipinski definition) is 2. The van der Waals surface area contributed by atoms with Gasteiger partial charge in [-0.05, 0) is 23.1 Å². The Balaban J connectivity index is 2.14. The van der Waals surface area contributed by atoms with Crippen LogP contribution >= 0.6 is 0 Å². The van der Waals surface area contributed by atoms with E-state index in [0.29, 0.717) is 0 Å². The van der Waals surface area contributed by atoms with Gasteiger partial charge in [0.1, 0.15) is 11.5 Å². The normalized spacial score (nSPS) is 11.9. The number of nitrogens with one attached hydrogen (secondary N) is 1. The number of carbonyl (C=O) groups excluding carboxylic acids is 3. The second-order valence-electron chi connectivity index (χ2n) is 7.39. The van der Waals surface area contributed by atoms with Gasteiger partial charge in [0, 0.05) is 6.42 Å². The third kappa shape index (κ3) is 4.70. The Labute approximate surface area is 187 Å². The molecule has 3 aromatic rings. The van der Waals surface area contributed by atoms with Crippen LogP contribution in [0.4, 0.5) is 0 Å². The fraction of sp³-hybridized carbons (Fsp3) is 0.192. The summed E-state index contributed by atoms with van der Waals surface area (Å²) in [6.45, 7) is 0. The molecular weight excluding hydrogens is 404 g/mol. The summed E-state index contributed by atoms with van der Waals surface area (Å²) in [7, 11) is 1.27. The van der Waals surface area contributed by atoms with Gasteiger partial charge in [0.25, 0.3) is 0 Å². The van der Waals surface area contributed by atoms with Crippen molar-refractivity contribution < 1.29 is 19.1 Å². The maximum atomic E-state index is 14.1. The molecule has 2 amide bonds. The molecule has 6 heteroatoms. The molecule has 3 N–H and O–H groups in total. The Bertz CT molecular complexity index is 956. The summed E-state index contributed by atoms with van der Waals surface area (Å²) in [6, 6.07) is 27.1. The molecule has 0 radical (unpaired) electrons. The van der Waals surface area contributed by atoms with Crippen molar-refractivity contribution in [1.82, 2.24) is 5.32 Å². The average Bonchev–Trinajstić information content (AvgIpc) is 2.84. The van der Waals surface area contributed by atoms with Crippen LogP contribution < -0.4 is 11.1 Å². The fourth-order valence-electron chi connectivity index (χ4n) is 3.87. The number of esters is 1. The number of nitrogens with two attached hydrogens (primary N) is 1. The molecule has 0 aliphatic carbocycles. The molecule has 3 aromatic carbocycles. The van der Waals surface area contributed by atoms with Crippen LogP contribution in [0.5, 0.6) is 0 Å². The minimum Gasteiger partial charge on any atom is -0.469 e. The van der Waals surface area contributed by atoms with E-state index >= 15 is 0 Å². The van der Waals surface area contributed by atoms with Crippen LogP contribution in [0.25, 0.3) is 0 Å². The Morgan fingerprint density at radius 3 is 1.56 bits per heavy atom. The smallest absolute Gasteiger partial charge is 0.305 e. The van der Waals surface area contributed by atoms with Crippen LogP contribution in [0.1, 0.15) is 29.5 Å². The summed E-state index contributed by atoms with van der Waals surface area (Å²) >= 11 is 0. The summed E-state index contributed by atoms with van der Waals surface area (Å²) in [5.74, 6) is -1.61. The number of ether oxygens (including phenoxy) is 1. The molecule has 32 heavy (non-hydrogen) atoms. The summed E-state index contributed by atoms with van der Waals surface area (Å²) < 4.78 is 4.66. The maximum absolute atomic E-state index is 14.1. The number of primary amides is 1. The van der Waals surface area contributed by atoms with Crippen LogP contribution in [0, 0.1) is 0 Å². The molecule has 0 aromatic heterocycles. The van der Waals surface area contributed by atoms with Gasteiger partial charge in [0.2, 0.25) is 11.8 Å². The molecule has 164 valence electrons. The number of benzene rings is 3. The van der Waals surface area contributed by atoms with E-state index < -0.39 is 29.2 Å². The number of methoxy groups -OCH3 is 1. The molecule has 0 fully saturated rings. The Morgan fingerprint density at radius 2 is 1.22 bits per heavy atom. The van der Waals surface area contributed by atoms with Gasteiger partial charge in [-0.2, -0.15) is 0 Å². The number of hydrogen-bond acceptors (Lipinski definition) is 4. The van der Waals surface area contributed by atoms with Gasteiger partial charge in [0.05, 0.1) is 7.11 Å². The molecule has 0 saturated carbocycles. The molecule has 3 rings (SSSR count). The van der Waals surface area contributed by atoms with Gasteiger partial charge < -0.3 is 15.8 Å². The third-order valence-electron chi connectivity index (χ3n) is 5.47. The minimum atomic E-state index is -1.23. The van der Waals surface area contributed by atoms with Crippen molar-refractivity contribution in [1.29, 1.82) is 0 Å². The molecule has 0 spiro atoms. The Kier molecular flexibility index (Phi) is 7.39. The third-order valence-corrected chi connectivity index (χ3v) is 5.47. The molecule has 0 saturated heterocycles. The van der Waals surface area contributed by atoms with E-state index in [-0.39, 0.29) is 12.8 Å². The molecular formula is C26H26N2O4. The van der Waals surface area contributed by atoms with Crippen LogP contribution in [0.3, 0.4) is 0 Å². The van der Waals surface area contributed by atoms with Crippen molar-refractivity contribution in [3.05, 3.63) is 108 Å². The molecule has 1 atom stereocenters. The highest BCUT2D eigenvalue weighted by Gasteiger charge is 2.44. The molecule has 6 nitrogen and oxygen atoms in total. The van der Waals surface area contributed by atoms with Gasteiger partial charge >= 0.3 is 5.97 Å². The lowest BCUT2D eigenvalue weighted by atomic mass is 9.68. The van der Waals surface area contributed by atoms with Crippen molar-refractivity contribution in [2.75, 3.05) is 7.11 Å². The van der Waals surface area contributed by atoms with Crippen molar-refractivity contribution >= 4 is 17.8 Å². The highest BCUT2D eigenvalue weighted by atomic mass is 16.5. The summed E-state index contributed by atoms with van der Waals surface area (Å²) in [5.41, 5.74) is 6.56. The van der Waals surface area contributed by atoms with E-state index in [9.17, 15) is 14.4 Å². The SMILES string of the molecule is COC(=O)CC[C@H](NC(=O)C(c1ccccc1)(c1ccccc1)c1ccccc1)C(N)=O. The van der Waals surface area contributed by atoms with E-state index in [1.165, 1.54) is 7.11 Å². The standard InChI is InChI=1S/C26H26N2O4/c1-32-23(29)18-17-22(24(27)30)28-25(31)26(19-11-5-2-6-12-19,20-13-7-3-8-14-20)21-15-9-4-10-16-21/h2-16,22H,17-18H2,1H3,(H2,27,30)(H,28,31)/t22-/m0/s1. The van der Waals surface area contributed by atoms with E-state index in [2.05, 4.69) is 10.1 Å². The van der Waals surface area contributed by atoms with E-state index in [1.807, 2.05) is 91.0 Å².